The zero-order valence-electron chi connectivity index (χ0n) is 21.7. The Morgan fingerprint density at radius 2 is 1.31 bits per heavy atom. The third kappa shape index (κ3) is 6.10. The van der Waals surface area contributed by atoms with Crippen molar-refractivity contribution < 1.29 is 19.3 Å². The van der Waals surface area contributed by atoms with E-state index < -0.39 is 4.11 Å². The maximum absolute atomic E-state index is 11.0. The number of phenolic OH excluding ortho intramolecular Hbond substituents is 1. The van der Waals surface area contributed by atoms with Crippen LogP contribution in [-0.2, 0) is 12.8 Å². The van der Waals surface area contributed by atoms with Gasteiger partial charge >= 0.3 is 0 Å². The number of phenols is 1. The lowest BCUT2D eigenvalue weighted by molar-refractivity contribution is 0.304. The fraction of sp³-hybridized carbons (Fsp3) is 0.152. The lowest BCUT2D eigenvalue weighted by atomic mass is 10.1. The third-order valence-corrected chi connectivity index (χ3v) is 7.70. The van der Waals surface area contributed by atoms with Gasteiger partial charge in [0, 0.05) is 11.5 Å². The van der Waals surface area contributed by atoms with Crippen molar-refractivity contribution in [2.45, 2.75) is 30.8 Å². The van der Waals surface area contributed by atoms with Crippen LogP contribution >= 0.6 is 34.2 Å². The maximum Gasteiger partial charge on any atom is 0.212 e. The highest BCUT2D eigenvalue weighted by Gasteiger charge is 2.28. The highest BCUT2D eigenvalue weighted by atomic mass is 127. The van der Waals surface area contributed by atoms with Crippen LogP contribution < -0.4 is 14.2 Å². The summed E-state index contributed by atoms with van der Waals surface area (Å²) < 4.78 is 18.6. The number of halogens is 2. The molecule has 0 heterocycles. The van der Waals surface area contributed by atoms with Gasteiger partial charge < -0.3 is 19.3 Å². The molecule has 0 saturated heterocycles. The number of fused-ring (bicyclic) bond motifs is 1. The molecule has 0 aliphatic heterocycles. The van der Waals surface area contributed by atoms with Crippen molar-refractivity contribution in [1.29, 1.82) is 0 Å². The summed E-state index contributed by atoms with van der Waals surface area (Å²) in [6.45, 7) is 4.20. The molecule has 0 spiro atoms. The van der Waals surface area contributed by atoms with E-state index >= 15 is 0 Å². The van der Waals surface area contributed by atoms with E-state index in [1.807, 2.05) is 91.0 Å². The Kier molecular flexibility index (Phi) is 8.48. The first-order valence-corrected chi connectivity index (χ1v) is 14.5. The van der Waals surface area contributed by atoms with Crippen molar-refractivity contribution >= 4 is 45.0 Å². The Balaban J connectivity index is 1.59. The van der Waals surface area contributed by atoms with Crippen LogP contribution in [0, 0.1) is 0 Å². The monoisotopic (exact) mass is 650 g/mol. The predicted octanol–water partition coefficient (Wildman–Crippen LogP) is 10.4. The number of hydrogen-bond donors (Lipinski definition) is 1. The van der Waals surface area contributed by atoms with Gasteiger partial charge in [0.05, 0.1) is 10.6 Å². The molecular formula is C33H28ClIO4. The predicted molar refractivity (Wildman–Crippen MR) is 166 cm³/mol. The molecule has 0 radical (unpaired) electrons. The fourth-order valence-corrected chi connectivity index (χ4v) is 5.68. The van der Waals surface area contributed by atoms with E-state index in [1.165, 1.54) is 17.2 Å². The second-order valence-electron chi connectivity index (χ2n) is 9.06. The van der Waals surface area contributed by atoms with Gasteiger partial charge in [-0.2, -0.15) is 0 Å². The zero-order chi connectivity index (χ0) is 27.4. The van der Waals surface area contributed by atoms with E-state index in [1.54, 1.807) is 0 Å². The van der Waals surface area contributed by atoms with Crippen molar-refractivity contribution in [3.8, 4) is 34.5 Å². The van der Waals surface area contributed by atoms with Crippen LogP contribution in [0.4, 0.5) is 0 Å². The molecule has 0 aliphatic carbocycles. The summed E-state index contributed by atoms with van der Waals surface area (Å²) in [7, 11) is 0. The second kappa shape index (κ2) is 12.2. The summed E-state index contributed by atoms with van der Waals surface area (Å²) in [5.41, 5.74) is 2.93. The van der Waals surface area contributed by atoms with E-state index in [2.05, 4.69) is 36.4 Å². The number of benzene rings is 5. The summed E-state index contributed by atoms with van der Waals surface area (Å²) in [4.78, 5) is 0. The van der Waals surface area contributed by atoms with Crippen LogP contribution in [0.25, 0.3) is 10.8 Å². The molecule has 5 rings (SSSR count). The zero-order valence-corrected chi connectivity index (χ0v) is 24.6. The van der Waals surface area contributed by atoms with Crippen LogP contribution in [-0.4, -0.2) is 5.11 Å². The second-order valence-corrected chi connectivity index (χ2v) is 10.6. The highest BCUT2D eigenvalue weighted by Crippen LogP contribution is 2.51. The topological polar surface area (TPSA) is 47.9 Å². The first-order valence-electron chi connectivity index (χ1n) is 12.8. The molecule has 0 aliphatic rings. The van der Waals surface area contributed by atoms with Crippen molar-refractivity contribution in [1.82, 2.24) is 0 Å². The minimum absolute atomic E-state index is 0.128. The van der Waals surface area contributed by atoms with Gasteiger partial charge in [0.25, 0.3) is 0 Å². The summed E-state index contributed by atoms with van der Waals surface area (Å²) in [5, 5.41) is 13.4. The van der Waals surface area contributed by atoms with E-state index in [0.717, 1.165) is 23.6 Å². The highest BCUT2D eigenvalue weighted by molar-refractivity contribution is 14.1. The molecule has 39 heavy (non-hydrogen) atoms. The quantitative estimate of drug-likeness (QED) is 0.127. The molecule has 5 aromatic rings. The summed E-state index contributed by atoms with van der Waals surface area (Å²) in [6, 6.07) is 31.0. The van der Waals surface area contributed by atoms with Crippen LogP contribution in [0.3, 0.4) is 0 Å². The normalized spacial score (nSPS) is 11.8. The van der Waals surface area contributed by atoms with Crippen LogP contribution in [0.2, 0.25) is 5.02 Å². The van der Waals surface area contributed by atoms with E-state index in [0.29, 0.717) is 33.6 Å². The van der Waals surface area contributed by atoms with Crippen LogP contribution in [0.1, 0.15) is 34.6 Å². The third-order valence-electron chi connectivity index (χ3n) is 6.51. The van der Waals surface area contributed by atoms with E-state index in [4.69, 9.17) is 25.8 Å². The molecule has 6 heteroatoms. The molecule has 0 bridgehead atoms. The van der Waals surface area contributed by atoms with Crippen LogP contribution in [0.5, 0.6) is 34.5 Å². The number of ether oxygens (including phenoxy) is 3. The first-order chi connectivity index (χ1) is 19.0. The average Bonchev–Trinajstić information content (AvgIpc) is 2.96. The Labute approximate surface area is 247 Å². The van der Waals surface area contributed by atoms with Gasteiger partial charge in [0.1, 0.15) is 17.2 Å². The van der Waals surface area contributed by atoms with Gasteiger partial charge in [0.2, 0.25) is 5.75 Å². The Morgan fingerprint density at radius 1 is 0.744 bits per heavy atom. The van der Waals surface area contributed by atoms with Gasteiger partial charge in [-0.1, -0.05) is 86.1 Å². The van der Waals surface area contributed by atoms with Gasteiger partial charge in [0.15, 0.2) is 15.6 Å². The van der Waals surface area contributed by atoms with E-state index in [-0.39, 0.29) is 11.5 Å². The SMILES string of the molecule is CCc1ccc(Oc2c(O)cc(Cl)c(C(I)Oc3cccc4ccccc34)c2Oc2ccc(CC)cc2)cc1. The Morgan fingerprint density at radius 3 is 1.92 bits per heavy atom. The maximum atomic E-state index is 11.0. The van der Waals surface area contributed by atoms with Crippen LogP contribution in [0.15, 0.2) is 97.1 Å². The number of alkyl halides is 1. The summed E-state index contributed by atoms with van der Waals surface area (Å²) in [6.07, 6.45) is 1.83. The Bertz CT molecular complexity index is 1580. The molecular weight excluding hydrogens is 623 g/mol. The fourth-order valence-electron chi connectivity index (χ4n) is 4.31. The van der Waals surface area contributed by atoms with Gasteiger partial charge in [-0.3, -0.25) is 0 Å². The van der Waals surface area contributed by atoms with Gasteiger partial charge in [-0.15, -0.1) is 0 Å². The molecule has 198 valence electrons. The largest absolute Gasteiger partial charge is 0.504 e. The molecule has 4 nitrogen and oxygen atoms in total. The summed E-state index contributed by atoms with van der Waals surface area (Å²) in [5.74, 6) is 2.21. The van der Waals surface area contributed by atoms with Gasteiger partial charge in [-0.25, -0.2) is 0 Å². The number of hydrogen-bond acceptors (Lipinski definition) is 4. The molecule has 1 N–H and O–H groups in total. The summed E-state index contributed by atoms with van der Waals surface area (Å²) >= 11 is 8.96. The van der Waals surface area contributed by atoms with Crippen molar-refractivity contribution in [2.24, 2.45) is 0 Å². The molecule has 0 aromatic heterocycles. The average molecular weight is 651 g/mol. The van der Waals surface area contributed by atoms with Crippen molar-refractivity contribution in [3.05, 3.63) is 119 Å². The standard InChI is InChI=1S/C33H28ClIO4/c1-3-21-12-16-24(17-13-21)37-31-28(36)20-27(34)30(32(31)38-25-18-14-22(4-2)15-19-25)33(35)39-29-11-7-9-23-8-5-6-10-26(23)29/h5-20,33,36H,3-4H2,1-2H3. The van der Waals surface area contributed by atoms with Gasteiger partial charge in [-0.05, 0) is 82.3 Å². The molecule has 0 saturated carbocycles. The number of rotatable bonds is 9. The minimum atomic E-state index is -0.559. The number of aryl methyl sites for hydroxylation is 2. The molecule has 0 amide bonds. The van der Waals surface area contributed by atoms with Crippen molar-refractivity contribution in [2.75, 3.05) is 0 Å². The smallest absolute Gasteiger partial charge is 0.212 e. The lowest BCUT2D eigenvalue weighted by Crippen LogP contribution is -2.05. The molecule has 0 fully saturated rings. The molecule has 5 aromatic carbocycles. The lowest BCUT2D eigenvalue weighted by Gasteiger charge is -2.22. The first kappa shape index (κ1) is 27.2. The molecule has 1 atom stereocenters. The molecule has 1 unspecified atom stereocenters. The minimum Gasteiger partial charge on any atom is -0.504 e. The van der Waals surface area contributed by atoms with Crippen molar-refractivity contribution in [3.63, 3.8) is 0 Å². The Hall–Kier alpha value is -3.42. The van der Waals surface area contributed by atoms with E-state index in [9.17, 15) is 5.11 Å². The number of aromatic hydroxyl groups is 1.